The molecule has 1 aromatic carbocycles. The first kappa shape index (κ1) is 14.5. The zero-order valence-corrected chi connectivity index (χ0v) is 11.1. The van der Waals surface area contributed by atoms with Crippen molar-refractivity contribution in [1.82, 2.24) is 5.32 Å². The van der Waals surface area contributed by atoms with Crippen molar-refractivity contribution in [3.63, 3.8) is 0 Å². The van der Waals surface area contributed by atoms with Crippen LogP contribution in [0, 0.1) is 0 Å². The van der Waals surface area contributed by atoms with Crippen LogP contribution in [0.1, 0.15) is 24.2 Å². The summed E-state index contributed by atoms with van der Waals surface area (Å²) in [6.45, 7) is 3.44. The lowest BCUT2D eigenvalue weighted by Gasteiger charge is -2.22. The van der Waals surface area contributed by atoms with E-state index >= 15 is 0 Å². The smallest absolute Gasteiger partial charge is 0.337 e. The molecular formula is C12H15ClN2O3. The average molecular weight is 271 g/mol. The van der Waals surface area contributed by atoms with E-state index in [9.17, 15) is 9.59 Å². The highest BCUT2D eigenvalue weighted by Gasteiger charge is 2.25. The molecule has 1 rings (SSSR count). The average Bonchev–Trinajstić information content (AvgIpc) is 2.31. The minimum Gasteiger partial charge on any atom is -0.478 e. The van der Waals surface area contributed by atoms with E-state index in [1.807, 2.05) is 0 Å². The summed E-state index contributed by atoms with van der Waals surface area (Å²) in [5.41, 5.74) is -0.398. The lowest BCUT2D eigenvalue weighted by molar-refractivity contribution is -0.121. The van der Waals surface area contributed by atoms with Crippen LogP contribution >= 0.6 is 11.6 Å². The minimum absolute atomic E-state index is 0.0447. The van der Waals surface area contributed by atoms with Gasteiger partial charge in [-0.15, -0.1) is 0 Å². The van der Waals surface area contributed by atoms with Crippen molar-refractivity contribution in [2.24, 2.45) is 0 Å². The third-order valence-electron chi connectivity index (χ3n) is 2.65. The Labute approximate surface area is 110 Å². The van der Waals surface area contributed by atoms with Crippen molar-refractivity contribution in [1.29, 1.82) is 0 Å². The van der Waals surface area contributed by atoms with E-state index in [4.69, 9.17) is 16.7 Å². The summed E-state index contributed by atoms with van der Waals surface area (Å²) in [6, 6.07) is 4.32. The van der Waals surface area contributed by atoms with Crippen LogP contribution in [0.2, 0.25) is 5.02 Å². The molecular weight excluding hydrogens is 256 g/mol. The molecule has 0 unspecified atom stereocenters. The monoisotopic (exact) mass is 270 g/mol. The van der Waals surface area contributed by atoms with Gasteiger partial charge in [0.2, 0.25) is 5.91 Å². The van der Waals surface area contributed by atoms with Crippen LogP contribution in [0.15, 0.2) is 18.2 Å². The summed E-state index contributed by atoms with van der Waals surface area (Å²) >= 11 is 5.74. The number of hydrogen-bond donors (Lipinski definition) is 3. The van der Waals surface area contributed by atoms with Gasteiger partial charge in [0.15, 0.2) is 0 Å². The largest absolute Gasteiger partial charge is 0.478 e. The molecule has 5 nitrogen and oxygen atoms in total. The highest BCUT2D eigenvalue weighted by atomic mass is 35.5. The number of benzene rings is 1. The zero-order chi connectivity index (χ0) is 13.9. The van der Waals surface area contributed by atoms with E-state index in [0.29, 0.717) is 5.69 Å². The first-order chi connectivity index (χ1) is 8.27. The third-order valence-corrected chi connectivity index (χ3v) is 2.98. The van der Waals surface area contributed by atoms with Crippen LogP contribution in [0.3, 0.4) is 0 Å². The highest BCUT2D eigenvalue weighted by Crippen LogP contribution is 2.21. The Morgan fingerprint density at radius 3 is 2.44 bits per heavy atom. The van der Waals surface area contributed by atoms with Crippen molar-refractivity contribution in [2.75, 3.05) is 12.4 Å². The van der Waals surface area contributed by atoms with Crippen LogP contribution in [0.25, 0.3) is 0 Å². The number of aromatic carboxylic acids is 1. The molecule has 0 aliphatic heterocycles. The first-order valence-corrected chi connectivity index (χ1v) is 5.69. The molecule has 0 bridgehead atoms. The number of amides is 1. The number of likely N-dealkylation sites (N-methyl/N-ethyl adjacent to an activating group) is 1. The van der Waals surface area contributed by atoms with E-state index in [1.54, 1.807) is 27.0 Å². The van der Waals surface area contributed by atoms with Crippen LogP contribution in [0.5, 0.6) is 0 Å². The molecule has 0 saturated heterocycles. The number of nitrogens with one attached hydrogen (secondary N) is 2. The lowest BCUT2D eigenvalue weighted by Crippen LogP contribution is -2.47. The number of hydrogen-bond acceptors (Lipinski definition) is 3. The molecule has 3 N–H and O–H groups in total. The second kappa shape index (κ2) is 5.37. The summed E-state index contributed by atoms with van der Waals surface area (Å²) in [4.78, 5) is 22.8. The quantitative estimate of drug-likeness (QED) is 0.782. The van der Waals surface area contributed by atoms with Gasteiger partial charge in [-0.25, -0.2) is 4.79 Å². The molecule has 0 aliphatic carbocycles. The molecule has 0 aromatic heterocycles. The molecule has 18 heavy (non-hydrogen) atoms. The SMILES string of the molecule is CNC(C)(C)C(=O)Nc1ccc(Cl)c(C(=O)O)c1. The molecule has 0 aliphatic rings. The molecule has 0 saturated carbocycles. The fourth-order valence-electron chi connectivity index (χ4n) is 1.17. The fraction of sp³-hybridized carbons (Fsp3) is 0.333. The molecule has 0 fully saturated rings. The standard InChI is InChI=1S/C12H15ClN2O3/c1-12(2,14-3)11(18)15-7-4-5-9(13)8(6-7)10(16)17/h4-6,14H,1-3H3,(H,15,18)(H,16,17). The van der Waals surface area contributed by atoms with Gasteiger partial charge >= 0.3 is 5.97 Å². The maximum atomic E-state index is 11.9. The second-order valence-corrected chi connectivity index (χ2v) is 4.74. The van der Waals surface area contributed by atoms with Crippen molar-refractivity contribution in [2.45, 2.75) is 19.4 Å². The van der Waals surface area contributed by atoms with Crippen LogP contribution in [-0.4, -0.2) is 29.6 Å². The third kappa shape index (κ3) is 3.21. The summed E-state index contributed by atoms with van der Waals surface area (Å²) in [7, 11) is 1.67. The Morgan fingerprint density at radius 1 is 1.33 bits per heavy atom. The Kier molecular flexibility index (Phi) is 4.32. The van der Waals surface area contributed by atoms with E-state index < -0.39 is 11.5 Å². The molecule has 0 atom stereocenters. The number of halogens is 1. The van der Waals surface area contributed by atoms with Crippen molar-refractivity contribution < 1.29 is 14.7 Å². The molecule has 1 amide bonds. The Bertz CT molecular complexity index is 486. The number of carbonyl (C=O) groups excluding carboxylic acids is 1. The van der Waals surface area contributed by atoms with Gasteiger partial charge in [0.05, 0.1) is 16.1 Å². The molecule has 98 valence electrons. The molecule has 0 radical (unpaired) electrons. The van der Waals surface area contributed by atoms with Gasteiger partial charge in [-0.3, -0.25) is 4.79 Å². The maximum absolute atomic E-state index is 11.9. The van der Waals surface area contributed by atoms with E-state index in [2.05, 4.69) is 10.6 Å². The minimum atomic E-state index is -1.14. The zero-order valence-electron chi connectivity index (χ0n) is 10.4. The van der Waals surface area contributed by atoms with Crippen molar-refractivity contribution >= 4 is 29.2 Å². The van der Waals surface area contributed by atoms with Gasteiger partial charge in [0.1, 0.15) is 0 Å². The maximum Gasteiger partial charge on any atom is 0.337 e. The van der Waals surface area contributed by atoms with Crippen LogP contribution in [-0.2, 0) is 4.79 Å². The summed E-state index contributed by atoms with van der Waals surface area (Å²) in [6.07, 6.45) is 0. The summed E-state index contributed by atoms with van der Waals surface area (Å²) in [5.74, 6) is -1.40. The van der Waals surface area contributed by atoms with Gasteiger partial charge in [-0.2, -0.15) is 0 Å². The number of carbonyl (C=O) groups is 2. The predicted octanol–water partition coefficient (Wildman–Crippen LogP) is 1.97. The number of carboxylic acid groups (broad SMARTS) is 1. The first-order valence-electron chi connectivity index (χ1n) is 5.31. The van der Waals surface area contributed by atoms with E-state index in [-0.39, 0.29) is 16.5 Å². The summed E-state index contributed by atoms with van der Waals surface area (Å²) in [5, 5.41) is 14.5. The number of rotatable bonds is 4. The molecule has 0 spiro atoms. The van der Waals surface area contributed by atoms with Crippen LogP contribution in [0.4, 0.5) is 5.69 Å². The van der Waals surface area contributed by atoms with Gasteiger partial charge in [0.25, 0.3) is 0 Å². The van der Waals surface area contributed by atoms with E-state index in [1.165, 1.54) is 12.1 Å². The predicted molar refractivity (Wildman–Crippen MR) is 70.2 cm³/mol. The number of anilines is 1. The van der Waals surface area contributed by atoms with Crippen LogP contribution < -0.4 is 10.6 Å². The summed E-state index contributed by atoms with van der Waals surface area (Å²) < 4.78 is 0. The van der Waals surface area contributed by atoms with Gasteiger partial charge in [-0.05, 0) is 39.1 Å². The van der Waals surface area contributed by atoms with Gasteiger partial charge < -0.3 is 15.7 Å². The lowest BCUT2D eigenvalue weighted by atomic mass is 10.0. The highest BCUT2D eigenvalue weighted by molar-refractivity contribution is 6.33. The van der Waals surface area contributed by atoms with Gasteiger partial charge in [-0.1, -0.05) is 11.6 Å². The second-order valence-electron chi connectivity index (χ2n) is 4.33. The molecule has 0 heterocycles. The molecule has 1 aromatic rings. The normalized spacial score (nSPS) is 11.1. The fourth-order valence-corrected chi connectivity index (χ4v) is 1.37. The molecule has 6 heteroatoms. The van der Waals surface area contributed by atoms with Crippen molar-refractivity contribution in [3.05, 3.63) is 28.8 Å². The Balaban J connectivity index is 2.96. The Morgan fingerprint density at radius 2 is 1.94 bits per heavy atom. The topological polar surface area (TPSA) is 78.4 Å². The van der Waals surface area contributed by atoms with Gasteiger partial charge in [0, 0.05) is 5.69 Å². The number of carboxylic acids is 1. The van der Waals surface area contributed by atoms with E-state index in [0.717, 1.165) is 0 Å². The van der Waals surface area contributed by atoms with Crippen molar-refractivity contribution in [3.8, 4) is 0 Å². The Hall–Kier alpha value is -1.59.